The smallest absolute Gasteiger partial charge is 0.253 e. The quantitative estimate of drug-likeness (QED) is 0.683. The Kier molecular flexibility index (Phi) is 4.55. The van der Waals surface area contributed by atoms with Crippen LogP contribution in [0.15, 0.2) is 18.2 Å². The Hall–Kier alpha value is -1.75. The summed E-state index contributed by atoms with van der Waals surface area (Å²) in [6, 6.07) is 4.92. The van der Waals surface area contributed by atoms with E-state index in [-0.39, 0.29) is 17.9 Å². The number of rotatable bonds is 5. The van der Waals surface area contributed by atoms with Gasteiger partial charge in [0.05, 0.1) is 12.7 Å². The summed E-state index contributed by atoms with van der Waals surface area (Å²) >= 11 is 0. The standard InChI is InChI=1S/C13H20N2O3/c1-13(2,8-16)7-15-12(17)10-6-9(18-3)4-5-11(10)14/h4-6,16H,7-8,14H2,1-3H3,(H,15,17). The molecule has 5 nitrogen and oxygen atoms in total. The number of anilines is 1. The minimum absolute atomic E-state index is 0.000866. The number of aliphatic hydroxyl groups is 1. The summed E-state index contributed by atoms with van der Waals surface area (Å²) in [5.74, 6) is 0.309. The van der Waals surface area contributed by atoms with Crippen LogP contribution < -0.4 is 15.8 Å². The molecule has 18 heavy (non-hydrogen) atoms. The van der Waals surface area contributed by atoms with E-state index in [9.17, 15) is 4.79 Å². The van der Waals surface area contributed by atoms with Crippen molar-refractivity contribution in [2.24, 2.45) is 5.41 Å². The highest BCUT2D eigenvalue weighted by atomic mass is 16.5. The lowest BCUT2D eigenvalue weighted by molar-refractivity contribution is 0.0911. The average molecular weight is 252 g/mol. The van der Waals surface area contributed by atoms with Gasteiger partial charge in [-0.15, -0.1) is 0 Å². The molecule has 1 aromatic rings. The number of hydrogen-bond acceptors (Lipinski definition) is 4. The third-order valence-electron chi connectivity index (χ3n) is 2.66. The molecule has 0 spiro atoms. The maximum Gasteiger partial charge on any atom is 0.253 e. The van der Waals surface area contributed by atoms with Crippen LogP contribution in [0.3, 0.4) is 0 Å². The number of nitrogen functional groups attached to an aromatic ring is 1. The number of methoxy groups -OCH3 is 1. The summed E-state index contributed by atoms with van der Waals surface area (Å²) in [4.78, 5) is 12.0. The summed E-state index contributed by atoms with van der Waals surface area (Å²) in [6.07, 6.45) is 0. The first-order chi connectivity index (χ1) is 8.39. The number of aliphatic hydroxyl groups excluding tert-OH is 1. The van der Waals surface area contributed by atoms with Gasteiger partial charge in [-0.3, -0.25) is 4.79 Å². The molecule has 1 rings (SSSR count). The molecule has 0 aliphatic carbocycles. The van der Waals surface area contributed by atoms with Crippen molar-refractivity contribution in [1.29, 1.82) is 0 Å². The molecule has 100 valence electrons. The molecule has 4 N–H and O–H groups in total. The first-order valence-corrected chi connectivity index (χ1v) is 5.72. The number of carbonyl (C=O) groups excluding carboxylic acids is 1. The van der Waals surface area contributed by atoms with Crippen LogP contribution in [0, 0.1) is 5.41 Å². The molecule has 0 unspecified atom stereocenters. The maximum atomic E-state index is 12.0. The maximum absolute atomic E-state index is 12.0. The Balaban J connectivity index is 2.78. The van der Waals surface area contributed by atoms with E-state index in [0.29, 0.717) is 23.5 Å². The zero-order valence-corrected chi connectivity index (χ0v) is 11.0. The molecular formula is C13H20N2O3. The molecule has 1 amide bonds. The van der Waals surface area contributed by atoms with Crippen LogP contribution in [0.5, 0.6) is 5.75 Å². The van der Waals surface area contributed by atoms with Crippen LogP contribution >= 0.6 is 0 Å². The van der Waals surface area contributed by atoms with Crippen molar-refractivity contribution in [3.8, 4) is 5.75 Å². The first kappa shape index (κ1) is 14.3. The van der Waals surface area contributed by atoms with Gasteiger partial charge in [0.15, 0.2) is 0 Å². The molecule has 0 bridgehead atoms. The van der Waals surface area contributed by atoms with Crippen molar-refractivity contribution in [2.75, 3.05) is 26.0 Å². The third kappa shape index (κ3) is 3.63. The molecule has 0 atom stereocenters. The third-order valence-corrected chi connectivity index (χ3v) is 2.66. The highest BCUT2D eigenvalue weighted by molar-refractivity contribution is 5.99. The fourth-order valence-electron chi connectivity index (χ4n) is 1.33. The lowest BCUT2D eigenvalue weighted by atomic mass is 9.95. The molecule has 0 radical (unpaired) electrons. The van der Waals surface area contributed by atoms with E-state index in [0.717, 1.165) is 0 Å². The van der Waals surface area contributed by atoms with E-state index in [1.54, 1.807) is 18.2 Å². The summed E-state index contributed by atoms with van der Waals surface area (Å²) in [6.45, 7) is 4.10. The summed E-state index contributed by atoms with van der Waals surface area (Å²) < 4.78 is 5.05. The minimum atomic E-state index is -0.358. The molecule has 0 saturated carbocycles. The SMILES string of the molecule is COc1ccc(N)c(C(=O)NCC(C)(C)CO)c1. The fraction of sp³-hybridized carbons (Fsp3) is 0.462. The van der Waals surface area contributed by atoms with Crippen molar-refractivity contribution >= 4 is 11.6 Å². The predicted molar refractivity (Wildman–Crippen MR) is 70.6 cm³/mol. The van der Waals surface area contributed by atoms with Crippen molar-refractivity contribution < 1.29 is 14.6 Å². The highest BCUT2D eigenvalue weighted by Crippen LogP contribution is 2.20. The average Bonchev–Trinajstić information content (AvgIpc) is 2.36. The largest absolute Gasteiger partial charge is 0.497 e. The number of hydrogen-bond donors (Lipinski definition) is 3. The first-order valence-electron chi connectivity index (χ1n) is 5.72. The minimum Gasteiger partial charge on any atom is -0.497 e. The molecule has 0 aromatic heterocycles. The number of nitrogens with one attached hydrogen (secondary N) is 1. The van der Waals surface area contributed by atoms with Gasteiger partial charge >= 0.3 is 0 Å². The van der Waals surface area contributed by atoms with E-state index < -0.39 is 0 Å². The van der Waals surface area contributed by atoms with Crippen LogP contribution in [0.4, 0.5) is 5.69 Å². The number of benzene rings is 1. The number of carbonyl (C=O) groups is 1. The van der Waals surface area contributed by atoms with Crippen LogP contribution in [0.25, 0.3) is 0 Å². The summed E-state index contributed by atoms with van der Waals surface area (Å²) in [5, 5.41) is 11.9. The van der Waals surface area contributed by atoms with Gasteiger partial charge in [-0.05, 0) is 18.2 Å². The second-order valence-corrected chi connectivity index (χ2v) is 4.96. The van der Waals surface area contributed by atoms with Crippen LogP contribution in [-0.2, 0) is 0 Å². The van der Waals surface area contributed by atoms with Gasteiger partial charge in [0.25, 0.3) is 5.91 Å². The normalized spacial score (nSPS) is 11.1. The van der Waals surface area contributed by atoms with Gasteiger partial charge in [0, 0.05) is 24.3 Å². The van der Waals surface area contributed by atoms with Crippen LogP contribution in [-0.4, -0.2) is 31.3 Å². The molecule has 0 heterocycles. The zero-order valence-electron chi connectivity index (χ0n) is 11.0. The van der Waals surface area contributed by atoms with Crippen molar-refractivity contribution in [1.82, 2.24) is 5.32 Å². The Morgan fingerprint density at radius 3 is 2.72 bits per heavy atom. The van der Waals surface area contributed by atoms with E-state index >= 15 is 0 Å². The number of amides is 1. The molecule has 0 aliphatic heterocycles. The molecule has 1 aromatic carbocycles. The molecular weight excluding hydrogens is 232 g/mol. The lowest BCUT2D eigenvalue weighted by Gasteiger charge is -2.22. The number of ether oxygens (including phenoxy) is 1. The predicted octanol–water partition coefficient (Wildman–Crippen LogP) is 1.03. The van der Waals surface area contributed by atoms with Gasteiger partial charge in [-0.2, -0.15) is 0 Å². The Morgan fingerprint density at radius 1 is 1.50 bits per heavy atom. The molecule has 0 saturated heterocycles. The summed E-state index contributed by atoms with van der Waals surface area (Å²) in [7, 11) is 1.53. The Morgan fingerprint density at radius 2 is 2.17 bits per heavy atom. The second-order valence-electron chi connectivity index (χ2n) is 4.96. The molecule has 0 fully saturated rings. The van der Waals surface area contributed by atoms with Crippen molar-refractivity contribution in [3.05, 3.63) is 23.8 Å². The van der Waals surface area contributed by atoms with Crippen LogP contribution in [0.1, 0.15) is 24.2 Å². The fourth-order valence-corrected chi connectivity index (χ4v) is 1.33. The van der Waals surface area contributed by atoms with E-state index in [4.69, 9.17) is 15.6 Å². The molecule has 0 aliphatic rings. The molecule has 5 heteroatoms. The van der Waals surface area contributed by atoms with E-state index in [2.05, 4.69) is 5.32 Å². The van der Waals surface area contributed by atoms with E-state index in [1.807, 2.05) is 13.8 Å². The van der Waals surface area contributed by atoms with Gasteiger partial charge in [-0.25, -0.2) is 0 Å². The highest BCUT2D eigenvalue weighted by Gasteiger charge is 2.19. The topological polar surface area (TPSA) is 84.6 Å². The van der Waals surface area contributed by atoms with Crippen molar-refractivity contribution in [3.63, 3.8) is 0 Å². The Labute approximate surface area is 107 Å². The van der Waals surface area contributed by atoms with Gasteiger partial charge < -0.3 is 20.9 Å². The van der Waals surface area contributed by atoms with Gasteiger partial charge in [0.2, 0.25) is 0 Å². The lowest BCUT2D eigenvalue weighted by Crippen LogP contribution is -2.36. The van der Waals surface area contributed by atoms with E-state index in [1.165, 1.54) is 7.11 Å². The van der Waals surface area contributed by atoms with Gasteiger partial charge in [-0.1, -0.05) is 13.8 Å². The number of nitrogens with two attached hydrogens (primary N) is 1. The summed E-state index contributed by atoms with van der Waals surface area (Å²) in [5.41, 5.74) is 6.17. The second kappa shape index (κ2) is 5.73. The van der Waals surface area contributed by atoms with Crippen molar-refractivity contribution in [2.45, 2.75) is 13.8 Å². The monoisotopic (exact) mass is 252 g/mol. The van der Waals surface area contributed by atoms with Crippen LogP contribution in [0.2, 0.25) is 0 Å². The Bertz CT molecular complexity index is 430. The zero-order chi connectivity index (χ0) is 13.8. The van der Waals surface area contributed by atoms with Gasteiger partial charge in [0.1, 0.15) is 5.75 Å².